The van der Waals surface area contributed by atoms with Gasteiger partial charge in [-0.3, -0.25) is 14.1 Å². The van der Waals surface area contributed by atoms with E-state index in [1.54, 1.807) is 0 Å². The van der Waals surface area contributed by atoms with Crippen molar-refractivity contribution in [2.75, 3.05) is 0 Å². The molecule has 0 aliphatic carbocycles. The first-order chi connectivity index (χ1) is 12.9. The van der Waals surface area contributed by atoms with Crippen LogP contribution in [0.5, 0.6) is 0 Å². The van der Waals surface area contributed by atoms with Crippen molar-refractivity contribution in [1.82, 2.24) is 0 Å². The monoisotopic (exact) mass is 434 g/mol. The van der Waals surface area contributed by atoms with E-state index in [4.69, 9.17) is 14.8 Å². The summed E-state index contributed by atoms with van der Waals surface area (Å²) >= 11 is 0. The van der Waals surface area contributed by atoms with Crippen LogP contribution < -0.4 is 0 Å². The van der Waals surface area contributed by atoms with Gasteiger partial charge in [0.1, 0.15) is 0 Å². The van der Waals surface area contributed by atoms with Gasteiger partial charge in [0, 0.05) is 0 Å². The van der Waals surface area contributed by atoms with Gasteiger partial charge in [-0.2, -0.15) is 8.42 Å². The number of hydrogen-bond acceptors (Lipinski definition) is 4. The molecule has 3 N–H and O–H groups in total. The number of fused-ring (bicyclic) bond motifs is 1. The molecule has 0 aromatic heterocycles. The van der Waals surface area contributed by atoms with Crippen molar-refractivity contribution in [2.45, 2.75) is 51.2 Å². The van der Waals surface area contributed by atoms with Crippen molar-refractivity contribution in [1.29, 1.82) is 0 Å². The van der Waals surface area contributed by atoms with Crippen molar-refractivity contribution in [3.63, 3.8) is 0 Å². The molecule has 1 atom stereocenters. The van der Waals surface area contributed by atoms with E-state index in [2.05, 4.69) is 64.1 Å². The first-order valence-electron chi connectivity index (χ1n) is 8.78. The summed E-state index contributed by atoms with van der Waals surface area (Å²) in [7, 11) is -4.84. The summed E-state index contributed by atoms with van der Waals surface area (Å²) in [6.45, 7) is 9.12. The molecule has 0 saturated carbocycles. The van der Waals surface area contributed by atoms with Crippen LogP contribution in [-0.2, 0) is 19.7 Å². The van der Waals surface area contributed by atoms with Crippen LogP contribution in [-0.4, -0.2) is 69.9 Å². The molecule has 0 spiro atoms. The van der Waals surface area contributed by atoms with Crippen LogP contribution in [0.4, 0.5) is 0 Å². The molecule has 0 bridgehead atoms. The number of rotatable bonds is 6. The zero-order valence-electron chi connectivity index (χ0n) is 16.3. The van der Waals surface area contributed by atoms with Gasteiger partial charge in [-0.1, -0.05) is 64.1 Å². The number of benzene rings is 2. The third-order valence-electron chi connectivity index (χ3n) is 4.20. The van der Waals surface area contributed by atoms with E-state index < -0.39 is 33.7 Å². The van der Waals surface area contributed by atoms with E-state index in [1.165, 1.54) is 21.9 Å². The third kappa shape index (κ3) is 8.06. The fourth-order valence-corrected chi connectivity index (χ4v) is 3.55. The zero-order chi connectivity index (χ0) is 21.6. The number of carboxylic acid groups (broad SMARTS) is 2. The molecule has 0 aliphatic heterocycles. The molecule has 2 aromatic rings. The Bertz CT molecular complexity index is 952. The van der Waals surface area contributed by atoms with Crippen LogP contribution in [0.3, 0.4) is 0 Å². The van der Waals surface area contributed by atoms with Crippen LogP contribution in [0.25, 0.3) is 10.8 Å². The second-order valence-electron chi connectivity index (χ2n) is 7.04. The summed E-state index contributed by atoms with van der Waals surface area (Å²) in [5.41, 5.74) is 3.02. The summed E-state index contributed by atoms with van der Waals surface area (Å²) in [5.74, 6) is -2.31. The predicted molar refractivity (Wildman–Crippen MR) is 115 cm³/mol. The molecule has 1 unspecified atom stereocenters. The van der Waals surface area contributed by atoms with Crippen LogP contribution in [0.1, 0.15) is 57.1 Å². The summed E-state index contributed by atoms with van der Waals surface area (Å²) in [6, 6.07) is 13.2. The van der Waals surface area contributed by atoms with Crippen molar-refractivity contribution >= 4 is 62.4 Å². The Morgan fingerprint density at radius 3 is 1.86 bits per heavy atom. The van der Waals surface area contributed by atoms with Gasteiger partial charge >= 0.3 is 41.5 Å². The Kier molecular flexibility index (Phi) is 11.1. The maximum atomic E-state index is 10.2. The molecule has 29 heavy (non-hydrogen) atoms. The third-order valence-corrected chi connectivity index (χ3v) is 5.29. The Morgan fingerprint density at radius 2 is 1.48 bits per heavy atom. The Hall–Kier alpha value is -1.45. The van der Waals surface area contributed by atoms with E-state index in [0.717, 1.165) is 0 Å². The molecule has 0 radical (unpaired) electrons. The second kappa shape index (κ2) is 11.7. The summed E-state index contributed by atoms with van der Waals surface area (Å²) in [6.07, 6.45) is -1.16. The normalized spacial score (nSPS) is 12.1. The van der Waals surface area contributed by atoms with Crippen molar-refractivity contribution < 1.29 is 32.8 Å². The van der Waals surface area contributed by atoms with Crippen molar-refractivity contribution in [2.24, 2.45) is 0 Å². The SMILES string of the molecule is CC(C)c1ccc2ccccc2c1C(C)C.O=C(O)CC(C(=O)O)S(=O)(=O)O.[NaH]. The minimum absolute atomic E-state index is 0. The fourth-order valence-electron chi connectivity index (χ4n) is 2.94. The van der Waals surface area contributed by atoms with Gasteiger partial charge in [-0.25, -0.2) is 0 Å². The van der Waals surface area contributed by atoms with Crippen molar-refractivity contribution in [3.8, 4) is 0 Å². The molecule has 156 valence electrons. The first-order valence-corrected chi connectivity index (χ1v) is 10.3. The molecule has 7 nitrogen and oxygen atoms in total. The molecule has 0 heterocycles. The molecular weight excluding hydrogens is 407 g/mol. The summed E-state index contributed by atoms with van der Waals surface area (Å²) in [5, 5.41) is 16.7. The molecule has 0 amide bonds. The Balaban J connectivity index is 0.000000547. The predicted octanol–water partition coefficient (Wildman–Crippen LogP) is 3.24. The fraction of sp³-hybridized carbons (Fsp3) is 0.400. The summed E-state index contributed by atoms with van der Waals surface area (Å²) < 4.78 is 28.7. The van der Waals surface area contributed by atoms with Gasteiger partial charge in [0.2, 0.25) is 0 Å². The maximum absolute atomic E-state index is 10.2. The van der Waals surface area contributed by atoms with Crippen LogP contribution in [0.2, 0.25) is 0 Å². The molecule has 2 aromatic carbocycles. The Labute approximate surface area is 193 Å². The van der Waals surface area contributed by atoms with E-state index >= 15 is 0 Å². The standard InChI is InChI=1S/C16H20.C4H6O7S.Na.H/c1-11(2)14-10-9-13-7-5-6-8-15(13)16(14)12(3)4;5-3(6)1-2(4(7)8)12(9,10)11;;/h5-12H,1-4H3;2H,1H2,(H,5,6)(H,7,8)(H,9,10,11);;. The van der Waals surface area contributed by atoms with E-state index in [1.807, 2.05) is 0 Å². The number of aliphatic carboxylic acids is 2. The van der Waals surface area contributed by atoms with Gasteiger partial charge in [0.15, 0.2) is 5.25 Å². The first kappa shape index (κ1) is 27.5. The van der Waals surface area contributed by atoms with Gasteiger partial charge in [-0.05, 0) is 33.7 Å². The number of carboxylic acids is 2. The molecule has 0 fully saturated rings. The zero-order valence-corrected chi connectivity index (χ0v) is 17.1. The number of carbonyl (C=O) groups is 2. The number of hydrogen-bond donors (Lipinski definition) is 3. The van der Waals surface area contributed by atoms with E-state index in [9.17, 15) is 18.0 Å². The molecule has 2 rings (SSSR count). The van der Waals surface area contributed by atoms with Crippen LogP contribution in [0.15, 0.2) is 36.4 Å². The van der Waals surface area contributed by atoms with E-state index in [0.29, 0.717) is 11.8 Å². The average molecular weight is 434 g/mol. The van der Waals surface area contributed by atoms with Gasteiger partial charge in [0.25, 0.3) is 10.1 Å². The Morgan fingerprint density at radius 1 is 0.931 bits per heavy atom. The van der Waals surface area contributed by atoms with Gasteiger partial charge in [-0.15, -0.1) is 0 Å². The molecule has 9 heteroatoms. The van der Waals surface area contributed by atoms with Crippen LogP contribution in [0, 0.1) is 0 Å². The van der Waals surface area contributed by atoms with Crippen molar-refractivity contribution in [3.05, 3.63) is 47.5 Å². The quantitative estimate of drug-likeness (QED) is 0.470. The van der Waals surface area contributed by atoms with Crippen LogP contribution >= 0.6 is 0 Å². The molecular formula is C20H27NaO7S. The second-order valence-corrected chi connectivity index (χ2v) is 8.64. The average Bonchev–Trinajstić information content (AvgIpc) is 2.57. The van der Waals surface area contributed by atoms with Gasteiger partial charge in [0.05, 0.1) is 6.42 Å². The molecule has 0 saturated heterocycles. The minimum atomic E-state index is -4.84. The van der Waals surface area contributed by atoms with E-state index in [-0.39, 0.29) is 29.6 Å². The summed E-state index contributed by atoms with van der Waals surface area (Å²) in [4.78, 5) is 20.0. The topological polar surface area (TPSA) is 129 Å². The van der Waals surface area contributed by atoms with Gasteiger partial charge < -0.3 is 10.2 Å². The molecule has 0 aliphatic rings.